The van der Waals surface area contributed by atoms with Crippen molar-refractivity contribution in [1.29, 1.82) is 0 Å². The number of amides is 2. The molecule has 22 heavy (non-hydrogen) atoms. The predicted octanol–water partition coefficient (Wildman–Crippen LogP) is 2.65. The standard InChI is InChI=1S/C18H26N2O2/c1-3-4-7-10-19-18(22)16-11-17(21)20(13-16)12-15-9-6-5-8-14(15)2/h5-6,8-9,16H,3-4,7,10-13H2,1-2H3,(H,19,22). The lowest BCUT2D eigenvalue weighted by molar-refractivity contribution is -0.129. The van der Waals surface area contributed by atoms with E-state index in [-0.39, 0.29) is 17.7 Å². The molecule has 0 aliphatic carbocycles. The van der Waals surface area contributed by atoms with Gasteiger partial charge in [0.25, 0.3) is 0 Å². The lowest BCUT2D eigenvalue weighted by Gasteiger charge is -2.18. The van der Waals surface area contributed by atoms with Gasteiger partial charge in [0.2, 0.25) is 11.8 Å². The van der Waals surface area contributed by atoms with E-state index >= 15 is 0 Å². The number of likely N-dealkylation sites (tertiary alicyclic amines) is 1. The summed E-state index contributed by atoms with van der Waals surface area (Å²) in [5.74, 6) is -0.0909. The van der Waals surface area contributed by atoms with E-state index in [0.29, 0.717) is 19.5 Å². The highest BCUT2D eigenvalue weighted by atomic mass is 16.2. The van der Waals surface area contributed by atoms with Gasteiger partial charge >= 0.3 is 0 Å². The first kappa shape index (κ1) is 16.5. The van der Waals surface area contributed by atoms with Gasteiger partial charge in [-0.3, -0.25) is 9.59 Å². The second-order valence-corrected chi connectivity index (χ2v) is 6.10. The van der Waals surface area contributed by atoms with Crippen LogP contribution >= 0.6 is 0 Å². The molecule has 1 aromatic rings. The van der Waals surface area contributed by atoms with Crippen LogP contribution in [0.2, 0.25) is 0 Å². The molecule has 1 aromatic carbocycles. The molecule has 1 aliphatic rings. The first-order valence-electron chi connectivity index (χ1n) is 8.21. The van der Waals surface area contributed by atoms with Crippen molar-refractivity contribution in [1.82, 2.24) is 10.2 Å². The average molecular weight is 302 g/mol. The fourth-order valence-electron chi connectivity index (χ4n) is 2.82. The number of unbranched alkanes of at least 4 members (excludes halogenated alkanes) is 2. The van der Waals surface area contributed by atoms with Crippen LogP contribution in [0.15, 0.2) is 24.3 Å². The number of hydrogen-bond acceptors (Lipinski definition) is 2. The number of nitrogens with one attached hydrogen (secondary N) is 1. The molecule has 2 amide bonds. The summed E-state index contributed by atoms with van der Waals surface area (Å²) in [6, 6.07) is 8.08. The van der Waals surface area contributed by atoms with Crippen molar-refractivity contribution in [3.05, 3.63) is 35.4 Å². The van der Waals surface area contributed by atoms with Gasteiger partial charge in [0.05, 0.1) is 5.92 Å². The molecule has 0 radical (unpaired) electrons. The summed E-state index contributed by atoms with van der Waals surface area (Å²) in [6.07, 6.45) is 3.62. The zero-order valence-electron chi connectivity index (χ0n) is 13.6. The monoisotopic (exact) mass is 302 g/mol. The Labute approximate surface area is 132 Å². The van der Waals surface area contributed by atoms with Gasteiger partial charge in [-0.15, -0.1) is 0 Å². The first-order chi connectivity index (χ1) is 10.6. The molecular formula is C18H26N2O2. The van der Waals surface area contributed by atoms with Crippen LogP contribution in [0.3, 0.4) is 0 Å². The number of aryl methyl sites for hydroxylation is 1. The Morgan fingerprint density at radius 1 is 1.32 bits per heavy atom. The van der Waals surface area contributed by atoms with Gasteiger partial charge < -0.3 is 10.2 Å². The molecule has 0 saturated carbocycles. The van der Waals surface area contributed by atoms with Gasteiger partial charge in [-0.1, -0.05) is 44.0 Å². The summed E-state index contributed by atoms with van der Waals surface area (Å²) in [5, 5.41) is 2.96. The molecule has 0 bridgehead atoms. The minimum absolute atomic E-state index is 0.0248. The van der Waals surface area contributed by atoms with Crippen molar-refractivity contribution >= 4 is 11.8 Å². The Morgan fingerprint density at radius 2 is 2.09 bits per heavy atom. The van der Waals surface area contributed by atoms with E-state index in [1.54, 1.807) is 4.90 Å². The average Bonchev–Trinajstić information content (AvgIpc) is 2.87. The predicted molar refractivity (Wildman–Crippen MR) is 87.2 cm³/mol. The Morgan fingerprint density at radius 3 is 2.82 bits per heavy atom. The van der Waals surface area contributed by atoms with Crippen LogP contribution in [0.5, 0.6) is 0 Å². The Hall–Kier alpha value is -1.84. The van der Waals surface area contributed by atoms with Crippen molar-refractivity contribution in [3.8, 4) is 0 Å². The molecule has 1 unspecified atom stereocenters. The van der Waals surface area contributed by atoms with Crippen molar-refractivity contribution in [3.63, 3.8) is 0 Å². The summed E-state index contributed by atoms with van der Waals surface area (Å²) in [4.78, 5) is 26.1. The van der Waals surface area contributed by atoms with Gasteiger partial charge in [-0.25, -0.2) is 0 Å². The van der Waals surface area contributed by atoms with E-state index in [1.807, 2.05) is 31.2 Å². The topological polar surface area (TPSA) is 49.4 Å². The Kier molecular flexibility index (Phi) is 5.99. The zero-order chi connectivity index (χ0) is 15.9. The number of rotatable bonds is 7. The van der Waals surface area contributed by atoms with Crippen molar-refractivity contribution in [2.24, 2.45) is 5.92 Å². The van der Waals surface area contributed by atoms with Crippen molar-refractivity contribution in [2.75, 3.05) is 13.1 Å². The molecule has 4 heteroatoms. The van der Waals surface area contributed by atoms with E-state index in [9.17, 15) is 9.59 Å². The fourth-order valence-corrected chi connectivity index (χ4v) is 2.82. The van der Waals surface area contributed by atoms with E-state index in [0.717, 1.165) is 31.4 Å². The highest BCUT2D eigenvalue weighted by Gasteiger charge is 2.34. The van der Waals surface area contributed by atoms with Crippen LogP contribution in [0.25, 0.3) is 0 Å². The first-order valence-corrected chi connectivity index (χ1v) is 8.21. The highest BCUT2D eigenvalue weighted by Crippen LogP contribution is 2.21. The SMILES string of the molecule is CCCCCNC(=O)C1CC(=O)N(Cc2ccccc2C)C1. The van der Waals surface area contributed by atoms with E-state index in [2.05, 4.69) is 12.2 Å². The number of benzene rings is 1. The summed E-state index contributed by atoms with van der Waals surface area (Å²) < 4.78 is 0. The molecule has 4 nitrogen and oxygen atoms in total. The van der Waals surface area contributed by atoms with Crippen molar-refractivity contribution in [2.45, 2.75) is 46.1 Å². The molecule has 1 aliphatic heterocycles. The molecule has 120 valence electrons. The van der Waals surface area contributed by atoms with E-state index < -0.39 is 0 Å². The second kappa shape index (κ2) is 7.97. The Balaban J connectivity index is 1.85. The van der Waals surface area contributed by atoms with Crippen LogP contribution in [0.4, 0.5) is 0 Å². The third kappa shape index (κ3) is 4.33. The van der Waals surface area contributed by atoms with Crippen LogP contribution in [-0.2, 0) is 16.1 Å². The molecule has 0 spiro atoms. The van der Waals surface area contributed by atoms with Gasteiger partial charge in [-0.05, 0) is 24.5 Å². The van der Waals surface area contributed by atoms with Crippen LogP contribution in [0.1, 0.15) is 43.7 Å². The fraction of sp³-hybridized carbons (Fsp3) is 0.556. The van der Waals surface area contributed by atoms with Gasteiger partial charge in [0.1, 0.15) is 0 Å². The summed E-state index contributed by atoms with van der Waals surface area (Å²) in [6.45, 7) is 6.04. The zero-order valence-corrected chi connectivity index (χ0v) is 13.6. The van der Waals surface area contributed by atoms with Crippen LogP contribution < -0.4 is 5.32 Å². The van der Waals surface area contributed by atoms with Gasteiger partial charge in [0.15, 0.2) is 0 Å². The van der Waals surface area contributed by atoms with Crippen LogP contribution in [0, 0.1) is 12.8 Å². The molecule has 0 aromatic heterocycles. The number of carbonyl (C=O) groups excluding carboxylic acids is 2. The molecule has 1 fully saturated rings. The third-order valence-electron chi connectivity index (χ3n) is 4.29. The smallest absolute Gasteiger partial charge is 0.225 e. The molecule has 1 atom stereocenters. The van der Waals surface area contributed by atoms with Gasteiger partial charge in [-0.2, -0.15) is 0 Å². The third-order valence-corrected chi connectivity index (χ3v) is 4.29. The second-order valence-electron chi connectivity index (χ2n) is 6.10. The van der Waals surface area contributed by atoms with E-state index in [1.165, 1.54) is 5.56 Å². The minimum atomic E-state index is -0.196. The maximum atomic E-state index is 12.1. The maximum absolute atomic E-state index is 12.1. The quantitative estimate of drug-likeness (QED) is 0.787. The summed E-state index contributed by atoms with van der Waals surface area (Å²) >= 11 is 0. The number of nitrogens with zero attached hydrogens (tertiary/aromatic N) is 1. The number of carbonyl (C=O) groups is 2. The molecule has 1 saturated heterocycles. The minimum Gasteiger partial charge on any atom is -0.356 e. The lowest BCUT2D eigenvalue weighted by Crippen LogP contribution is -2.33. The van der Waals surface area contributed by atoms with Crippen LogP contribution in [-0.4, -0.2) is 29.8 Å². The molecule has 2 rings (SSSR count). The Bertz CT molecular complexity index is 528. The molecule has 1 N–H and O–H groups in total. The molecule has 1 heterocycles. The lowest BCUT2D eigenvalue weighted by atomic mass is 10.1. The van der Waals surface area contributed by atoms with Gasteiger partial charge in [0, 0.05) is 26.1 Å². The normalized spacial score (nSPS) is 17.8. The number of hydrogen-bond donors (Lipinski definition) is 1. The largest absolute Gasteiger partial charge is 0.356 e. The highest BCUT2D eigenvalue weighted by molar-refractivity contribution is 5.89. The maximum Gasteiger partial charge on any atom is 0.225 e. The van der Waals surface area contributed by atoms with Crippen molar-refractivity contribution < 1.29 is 9.59 Å². The molecular weight excluding hydrogens is 276 g/mol. The van der Waals surface area contributed by atoms with E-state index in [4.69, 9.17) is 0 Å². The summed E-state index contributed by atoms with van der Waals surface area (Å²) in [5.41, 5.74) is 2.34. The summed E-state index contributed by atoms with van der Waals surface area (Å²) in [7, 11) is 0.